The van der Waals surface area contributed by atoms with E-state index in [1.54, 1.807) is 61.7 Å². The molecule has 0 atom stereocenters. The SMILES string of the molecule is COc1ccc(OC)c(C(=O)CSc2nc3ccccc3c(=O)n2-c2ccc(OC)c(OC)c2)c1. The van der Waals surface area contributed by atoms with Crippen LogP contribution in [-0.2, 0) is 0 Å². The molecule has 180 valence electrons. The molecule has 9 heteroatoms. The molecule has 0 aliphatic carbocycles. The summed E-state index contributed by atoms with van der Waals surface area (Å²) in [6.45, 7) is 0. The smallest absolute Gasteiger partial charge is 0.266 e. The Labute approximate surface area is 206 Å². The normalized spacial score (nSPS) is 10.7. The number of hydrogen-bond donors (Lipinski definition) is 0. The number of thioether (sulfide) groups is 1. The van der Waals surface area contributed by atoms with Crippen LogP contribution in [0.2, 0.25) is 0 Å². The third-order valence-corrected chi connectivity index (χ3v) is 6.35. The molecule has 4 aromatic rings. The molecule has 0 saturated carbocycles. The fourth-order valence-electron chi connectivity index (χ4n) is 3.64. The number of benzene rings is 3. The lowest BCUT2D eigenvalue weighted by atomic mass is 10.1. The van der Waals surface area contributed by atoms with Gasteiger partial charge in [-0.3, -0.25) is 14.2 Å². The van der Waals surface area contributed by atoms with Gasteiger partial charge < -0.3 is 18.9 Å². The molecule has 35 heavy (non-hydrogen) atoms. The van der Waals surface area contributed by atoms with E-state index in [0.717, 1.165) is 11.8 Å². The molecule has 0 amide bonds. The van der Waals surface area contributed by atoms with Gasteiger partial charge in [-0.1, -0.05) is 23.9 Å². The number of hydrogen-bond acceptors (Lipinski definition) is 8. The zero-order valence-electron chi connectivity index (χ0n) is 19.7. The van der Waals surface area contributed by atoms with Gasteiger partial charge in [-0.2, -0.15) is 0 Å². The Morgan fingerprint density at radius 2 is 1.57 bits per heavy atom. The van der Waals surface area contributed by atoms with Gasteiger partial charge in [0.25, 0.3) is 5.56 Å². The molecule has 8 nitrogen and oxygen atoms in total. The average Bonchev–Trinajstić information content (AvgIpc) is 2.91. The van der Waals surface area contributed by atoms with Gasteiger partial charge in [-0.25, -0.2) is 4.98 Å². The zero-order valence-corrected chi connectivity index (χ0v) is 20.5. The molecule has 3 aromatic carbocycles. The highest BCUT2D eigenvalue weighted by atomic mass is 32.2. The Kier molecular flexibility index (Phi) is 7.26. The maximum atomic E-state index is 13.5. The minimum absolute atomic E-state index is 0.0294. The number of ether oxygens (including phenoxy) is 4. The van der Waals surface area contributed by atoms with Crippen molar-refractivity contribution in [3.05, 3.63) is 76.6 Å². The number of aromatic nitrogens is 2. The van der Waals surface area contributed by atoms with Crippen molar-refractivity contribution in [3.8, 4) is 28.7 Å². The van der Waals surface area contributed by atoms with Crippen LogP contribution in [-0.4, -0.2) is 49.5 Å². The third-order valence-electron chi connectivity index (χ3n) is 5.41. The topological polar surface area (TPSA) is 88.9 Å². The molecule has 0 aliphatic heterocycles. The van der Waals surface area contributed by atoms with Gasteiger partial charge in [0, 0.05) is 6.07 Å². The summed E-state index contributed by atoms with van der Waals surface area (Å²) < 4.78 is 22.8. The van der Waals surface area contributed by atoms with Crippen molar-refractivity contribution < 1.29 is 23.7 Å². The summed E-state index contributed by atoms with van der Waals surface area (Å²) in [7, 11) is 6.11. The summed E-state index contributed by atoms with van der Waals surface area (Å²) in [5.74, 6) is 1.84. The molecule has 0 spiro atoms. The highest BCUT2D eigenvalue weighted by Crippen LogP contribution is 2.31. The van der Waals surface area contributed by atoms with E-state index < -0.39 is 0 Å². The zero-order chi connectivity index (χ0) is 24.9. The van der Waals surface area contributed by atoms with Gasteiger partial charge in [-0.05, 0) is 42.5 Å². The van der Waals surface area contributed by atoms with Gasteiger partial charge in [0.1, 0.15) is 11.5 Å². The number of Topliss-reactive ketones (excluding diaryl/α,β-unsaturated/α-hetero) is 1. The van der Waals surface area contributed by atoms with Gasteiger partial charge in [0.15, 0.2) is 22.4 Å². The first-order valence-electron chi connectivity index (χ1n) is 10.6. The number of carbonyl (C=O) groups is 1. The molecule has 1 aromatic heterocycles. The number of nitrogens with zero attached hydrogens (tertiary/aromatic N) is 2. The molecule has 0 aliphatic rings. The van der Waals surface area contributed by atoms with Crippen molar-refractivity contribution in [1.29, 1.82) is 0 Å². The standard InChI is InChI=1S/C26H24N2O6S/c1-31-17-10-12-22(32-2)19(14-17)21(29)15-35-26-27-20-8-6-5-7-18(20)25(30)28(26)16-9-11-23(33-3)24(13-16)34-4/h5-14H,15H2,1-4H3. The van der Waals surface area contributed by atoms with Gasteiger partial charge in [-0.15, -0.1) is 0 Å². The largest absolute Gasteiger partial charge is 0.497 e. The summed E-state index contributed by atoms with van der Waals surface area (Å²) >= 11 is 1.16. The molecule has 0 radical (unpaired) electrons. The second kappa shape index (κ2) is 10.5. The van der Waals surface area contributed by atoms with Crippen molar-refractivity contribution >= 4 is 28.4 Å². The number of carbonyl (C=O) groups excluding carboxylic acids is 1. The Morgan fingerprint density at radius 1 is 0.857 bits per heavy atom. The van der Waals surface area contributed by atoms with Crippen molar-refractivity contribution in [2.45, 2.75) is 5.16 Å². The highest BCUT2D eigenvalue weighted by Gasteiger charge is 2.19. The molecule has 0 saturated heterocycles. The second-order valence-electron chi connectivity index (χ2n) is 7.37. The number of fused-ring (bicyclic) bond motifs is 1. The Hall–Kier alpha value is -3.98. The number of ketones is 1. The fourth-order valence-corrected chi connectivity index (χ4v) is 4.54. The van der Waals surface area contributed by atoms with E-state index in [9.17, 15) is 9.59 Å². The predicted octanol–water partition coefficient (Wildman–Crippen LogP) is 4.40. The minimum atomic E-state index is -0.253. The Balaban J connectivity index is 1.78. The lowest BCUT2D eigenvalue weighted by Crippen LogP contribution is -2.22. The van der Waals surface area contributed by atoms with Crippen molar-refractivity contribution in [2.75, 3.05) is 34.2 Å². The van der Waals surface area contributed by atoms with Crippen molar-refractivity contribution in [2.24, 2.45) is 0 Å². The maximum absolute atomic E-state index is 13.5. The summed E-state index contributed by atoms with van der Waals surface area (Å²) in [6.07, 6.45) is 0. The molecule has 0 bridgehead atoms. The molecule has 0 N–H and O–H groups in total. The van der Waals surface area contributed by atoms with Crippen molar-refractivity contribution in [3.63, 3.8) is 0 Å². The Bertz CT molecular complexity index is 1450. The van der Waals surface area contributed by atoms with Crippen LogP contribution in [0, 0.1) is 0 Å². The lowest BCUT2D eigenvalue weighted by Gasteiger charge is -2.15. The summed E-state index contributed by atoms with van der Waals surface area (Å²) in [5.41, 5.74) is 1.22. The van der Waals surface area contributed by atoms with E-state index in [4.69, 9.17) is 23.9 Å². The second-order valence-corrected chi connectivity index (χ2v) is 8.31. The monoisotopic (exact) mass is 492 g/mol. The van der Waals surface area contributed by atoms with Crippen LogP contribution in [0.3, 0.4) is 0 Å². The average molecular weight is 493 g/mol. The summed E-state index contributed by atoms with van der Waals surface area (Å²) in [5, 5.41) is 0.837. The number of para-hydroxylation sites is 1. The predicted molar refractivity (Wildman–Crippen MR) is 135 cm³/mol. The number of methoxy groups -OCH3 is 4. The van der Waals surface area contributed by atoms with Gasteiger partial charge in [0.05, 0.1) is 56.3 Å². The quantitative estimate of drug-likeness (QED) is 0.193. The molecular formula is C26H24N2O6S. The van der Waals surface area contributed by atoms with Crippen LogP contribution in [0.5, 0.6) is 23.0 Å². The van der Waals surface area contributed by atoms with E-state index in [0.29, 0.717) is 50.3 Å². The molecule has 0 unspecified atom stereocenters. The third kappa shape index (κ3) is 4.81. The molecule has 0 fully saturated rings. The van der Waals surface area contributed by atoms with Gasteiger partial charge >= 0.3 is 0 Å². The first kappa shape index (κ1) is 24.2. The lowest BCUT2D eigenvalue weighted by molar-refractivity contribution is 0.101. The van der Waals surface area contributed by atoms with Crippen LogP contribution in [0.15, 0.2) is 70.6 Å². The number of rotatable bonds is 9. The molecular weight excluding hydrogens is 468 g/mol. The summed E-state index contributed by atoms with van der Waals surface area (Å²) in [6, 6.07) is 17.3. The van der Waals surface area contributed by atoms with Crippen LogP contribution in [0.25, 0.3) is 16.6 Å². The Morgan fingerprint density at radius 3 is 2.29 bits per heavy atom. The maximum Gasteiger partial charge on any atom is 0.266 e. The van der Waals surface area contributed by atoms with Crippen LogP contribution < -0.4 is 24.5 Å². The highest BCUT2D eigenvalue weighted by molar-refractivity contribution is 7.99. The molecule has 4 rings (SSSR count). The van der Waals surface area contributed by atoms with E-state index in [2.05, 4.69) is 0 Å². The van der Waals surface area contributed by atoms with Gasteiger partial charge in [0.2, 0.25) is 0 Å². The van der Waals surface area contributed by atoms with E-state index in [-0.39, 0.29) is 17.1 Å². The molecule has 1 heterocycles. The fraction of sp³-hybridized carbons (Fsp3) is 0.192. The van der Waals surface area contributed by atoms with E-state index in [1.807, 2.05) is 6.07 Å². The van der Waals surface area contributed by atoms with Crippen LogP contribution in [0.1, 0.15) is 10.4 Å². The van der Waals surface area contributed by atoms with E-state index in [1.165, 1.54) is 25.9 Å². The van der Waals surface area contributed by atoms with Crippen LogP contribution in [0.4, 0.5) is 0 Å². The van der Waals surface area contributed by atoms with Crippen LogP contribution >= 0.6 is 11.8 Å². The first-order valence-corrected chi connectivity index (χ1v) is 11.6. The first-order chi connectivity index (χ1) is 17.0. The van der Waals surface area contributed by atoms with Crippen molar-refractivity contribution in [1.82, 2.24) is 9.55 Å². The minimum Gasteiger partial charge on any atom is -0.497 e. The summed E-state index contributed by atoms with van der Waals surface area (Å²) in [4.78, 5) is 31.4. The van der Waals surface area contributed by atoms with E-state index >= 15 is 0 Å².